The second-order valence-electron chi connectivity index (χ2n) is 5.87. The summed E-state index contributed by atoms with van der Waals surface area (Å²) in [6, 6.07) is 0. The third-order valence-corrected chi connectivity index (χ3v) is 5.94. The molecular formula is C14H16O6S. The summed E-state index contributed by atoms with van der Waals surface area (Å²) in [5, 5.41) is 0.0678. The molecule has 6 nitrogen and oxygen atoms in total. The Bertz CT molecular complexity index is 544. The average molecular weight is 312 g/mol. The Morgan fingerprint density at radius 3 is 2.90 bits per heavy atom. The number of carbonyl (C=O) groups is 3. The van der Waals surface area contributed by atoms with E-state index in [0.29, 0.717) is 6.42 Å². The van der Waals surface area contributed by atoms with Gasteiger partial charge in [0.2, 0.25) is 0 Å². The first kappa shape index (κ1) is 14.4. The maximum Gasteiger partial charge on any atom is 0.344 e. The van der Waals surface area contributed by atoms with Crippen molar-refractivity contribution in [1.82, 2.24) is 0 Å². The highest BCUT2D eigenvalue weighted by Gasteiger charge is 2.69. The molecule has 0 saturated carbocycles. The van der Waals surface area contributed by atoms with Gasteiger partial charge in [0.1, 0.15) is 0 Å². The zero-order valence-electron chi connectivity index (χ0n) is 11.8. The molecule has 0 aromatic carbocycles. The number of carbonyl (C=O) groups excluding carboxylic acids is 3. The molecule has 21 heavy (non-hydrogen) atoms. The van der Waals surface area contributed by atoms with Crippen molar-refractivity contribution in [2.75, 3.05) is 6.61 Å². The normalized spacial score (nSPS) is 39.0. The Balaban J connectivity index is 1.61. The molecule has 3 aliphatic rings. The fraction of sp³-hybridized carbons (Fsp3) is 0.643. The van der Waals surface area contributed by atoms with E-state index in [4.69, 9.17) is 14.2 Å². The molecule has 2 bridgehead atoms. The molecule has 5 atom stereocenters. The number of hydrogen-bond acceptors (Lipinski definition) is 7. The van der Waals surface area contributed by atoms with Crippen LogP contribution in [0.15, 0.2) is 12.2 Å². The van der Waals surface area contributed by atoms with E-state index in [9.17, 15) is 14.4 Å². The highest BCUT2D eigenvalue weighted by atomic mass is 32.2. The molecule has 0 amide bonds. The molecular weight excluding hydrogens is 296 g/mol. The number of esters is 3. The molecule has 5 unspecified atom stereocenters. The summed E-state index contributed by atoms with van der Waals surface area (Å²) in [7, 11) is 0. The van der Waals surface area contributed by atoms with E-state index in [0.717, 1.165) is 0 Å². The molecule has 0 aromatic heterocycles. The van der Waals surface area contributed by atoms with Crippen LogP contribution in [-0.4, -0.2) is 46.7 Å². The average Bonchev–Trinajstić information content (AvgIpc) is 2.95. The molecule has 3 rings (SSSR count). The summed E-state index contributed by atoms with van der Waals surface area (Å²) in [5.41, 5.74) is 0.220. The molecule has 0 aromatic rings. The van der Waals surface area contributed by atoms with Crippen LogP contribution in [-0.2, 0) is 28.6 Å². The topological polar surface area (TPSA) is 78.9 Å². The van der Waals surface area contributed by atoms with E-state index < -0.39 is 24.6 Å². The van der Waals surface area contributed by atoms with Gasteiger partial charge < -0.3 is 14.2 Å². The van der Waals surface area contributed by atoms with Gasteiger partial charge in [-0.15, -0.1) is 11.8 Å². The number of rotatable bonds is 4. The molecule has 0 radical (unpaired) electrons. The Morgan fingerprint density at radius 2 is 2.24 bits per heavy atom. The lowest BCUT2D eigenvalue weighted by atomic mass is 9.81. The second-order valence-corrected chi connectivity index (χ2v) is 7.59. The Kier molecular flexibility index (Phi) is 3.27. The standard InChI is InChI=1S/C14H16O6S/c1-6(2)12(16)18-5-8(15)19-11-9-10-7(13(17)20-9)4-14(11,3)21-10/h7,9-11H,1,4-5H2,2-3H3. The largest absolute Gasteiger partial charge is 0.457 e. The van der Waals surface area contributed by atoms with Crippen LogP contribution < -0.4 is 0 Å². The first-order chi connectivity index (χ1) is 9.82. The zero-order valence-corrected chi connectivity index (χ0v) is 12.6. The van der Waals surface area contributed by atoms with Crippen molar-refractivity contribution in [2.45, 2.75) is 42.5 Å². The first-order valence-electron chi connectivity index (χ1n) is 6.72. The van der Waals surface area contributed by atoms with Crippen molar-refractivity contribution in [2.24, 2.45) is 5.92 Å². The van der Waals surface area contributed by atoms with E-state index in [-0.39, 0.29) is 33.6 Å². The molecule has 3 saturated heterocycles. The third kappa shape index (κ3) is 2.23. The van der Waals surface area contributed by atoms with Gasteiger partial charge in [-0.1, -0.05) is 6.58 Å². The van der Waals surface area contributed by atoms with Crippen LogP contribution in [0.25, 0.3) is 0 Å². The maximum atomic E-state index is 11.8. The smallest absolute Gasteiger partial charge is 0.344 e. The summed E-state index contributed by atoms with van der Waals surface area (Å²) in [6.45, 7) is 6.45. The van der Waals surface area contributed by atoms with Gasteiger partial charge in [0, 0.05) is 5.57 Å². The highest BCUT2D eigenvalue weighted by Crippen LogP contribution is 2.62. The first-order valence-corrected chi connectivity index (χ1v) is 7.60. The minimum absolute atomic E-state index is 0.0678. The zero-order chi connectivity index (χ0) is 15.4. The van der Waals surface area contributed by atoms with Crippen molar-refractivity contribution in [1.29, 1.82) is 0 Å². The lowest BCUT2D eigenvalue weighted by Gasteiger charge is -2.30. The van der Waals surface area contributed by atoms with Gasteiger partial charge in [-0.2, -0.15) is 0 Å². The molecule has 114 valence electrons. The van der Waals surface area contributed by atoms with Crippen molar-refractivity contribution < 1.29 is 28.6 Å². The monoisotopic (exact) mass is 312 g/mol. The summed E-state index contributed by atoms with van der Waals surface area (Å²) >= 11 is 1.65. The van der Waals surface area contributed by atoms with Crippen LogP contribution in [0.2, 0.25) is 0 Å². The third-order valence-electron chi connectivity index (χ3n) is 4.13. The van der Waals surface area contributed by atoms with Gasteiger partial charge in [-0.25, -0.2) is 9.59 Å². The Labute approximate surface area is 126 Å². The van der Waals surface area contributed by atoms with E-state index >= 15 is 0 Å². The van der Waals surface area contributed by atoms with Crippen molar-refractivity contribution in [3.63, 3.8) is 0 Å². The van der Waals surface area contributed by atoms with E-state index in [1.165, 1.54) is 6.92 Å². The van der Waals surface area contributed by atoms with Crippen LogP contribution in [0.5, 0.6) is 0 Å². The predicted molar refractivity (Wildman–Crippen MR) is 73.4 cm³/mol. The minimum atomic E-state index is -0.636. The highest BCUT2D eigenvalue weighted by molar-refractivity contribution is 8.02. The van der Waals surface area contributed by atoms with Gasteiger partial charge in [0.15, 0.2) is 18.8 Å². The summed E-state index contributed by atoms with van der Waals surface area (Å²) in [4.78, 5) is 34.8. The number of ether oxygens (including phenoxy) is 3. The van der Waals surface area contributed by atoms with Gasteiger partial charge in [0.25, 0.3) is 0 Å². The second kappa shape index (κ2) is 4.76. The molecule has 0 N–H and O–H groups in total. The lowest BCUT2D eigenvalue weighted by Crippen LogP contribution is -2.46. The summed E-state index contributed by atoms with van der Waals surface area (Å²) < 4.78 is 15.2. The van der Waals surface area contributed by atoms with Crippen LogP contribution in [0, 0.1) is 5.92 Å². The van der Waals surface area contributed by atoms with Gasteiger partial charge in [-0.3, -0.25) is 4.79 Å². The quantitative estimate of drug-likeness (QED) is 0.432. The molecule has 3 heterocycles. The molecule has 3 fully saturated rings. The maximum absolute atomic E-state index is 11.8. The van der Waals surface area contributed by atoms with Gasteiger partial charge in [-0.05, 0) is 20.3 Å². The number of fused-ring (bicyclic) bond motifs is 1. The van der Waals surface area contributed by atoms with Gasteiger partial charge >= 0.3 is 17.9 Å². The van der Waals surface area contributed by atoms with Crippen molar-refractivity contribution in [3.05, 3.63) is 12.2 Å². The van der Waals surface area contributed by atoms with Crippen LogP contribution in [0.3, 0.4) is 0 Å². The molecule has 0 spiro atoms. The molecule has 7 heteroatoms. The fourth-order valence-electron chi connectivity index (χ4n) is 3.18. The van der Waals surface area contributed by atoms with E-state index in [1.54, 1.807) is 11.8 Å². The van der Waals surface area contributed by atoms with Crippen LogP contribution >= 0.6 is 11.8 Å². The molecule has 3 aliphatic heterocycles. The SMILES string of the molecule is C=C(C)C(=O)OCC(=O)OC1C2OC(=O)C3CC1(C)SC32. The van der Waals surface area contributed by atoms with Crippen LogP contribution in [0.4, 0.5) is 0 Å². The summed E-state index contributed by atoms with van der Waals surface area (Å²) in [5.74, 6) is -1.55. The minimum Gasteiger partial charge on any atom is -0.457 e. The number of thioether (sulfide) groups is 1. The van der Waals surface area contributed by atoms with E-state index in [2.05, 4.69) is 6.58 Å². The van der Waals surface area contributed by atoms with Gasteiger partial charge in [0.05, 0.1) is 15.9 Å². The van der Waals surface area contributed by atoms with Crippen molar-refractivity contribution >= 4 is 29.7 Å². The van der Waals surface area contributed by atoms with Crippen LogP contribution in [0.1, 0.15) is 20.3 Å². The van der Waals surface area contributed by atoms with E-state index in [1.807, 2.05) is 6.92 Å². The Morgan fingerprint density at radius 1 is 1.52 bits per heavy atom. The van der Waals surface area contributed by atoms with Crippen molar-refractivity contribution in [3.8, 4) is 0 Å². The molecule has 0 aliphatic carbocycles. The summed E-state index contributed by atoms with van der Waals surface area (Å²) in [6.07, 6.45) is -0.209. The number of hydrogen-bond donors (Lipinski definition) is 0. The predicted octanol–water partition coefficient (Wildman–Crippen LogP) is 0.837. The Hall–Kier alpha value is -1.50. The fourth-order valence-corrected chi connectivity index (χ4v) is 5.09. The lowest BCUT2D eigenvalue weighted by molar-refractivity contribution is -0.168.